The first-order valence-corrected chi connectivity index (χ1v) is 6.25. The lowest BCUT2D eigenvalue weighted by Gasteiger charge is -2.33. The number of rotatable bonds is 3. The van der Waals surface area contributed by atoms with Gasteiger partial charge in [-0.25, -0.2) is 0 Å². The maximum atomic E-state index is 12.3. The molecule has 0 spiro atoms. The van der Waals surface area contributed by atoms with Gasteiger partial charge in [-0.05, 0) is 26.0 Å². The molecule has 1 aliphatic rings. The van der Waals surface area contributed by atoms with Crippen LogP contribution in [0.2, 0.25) is 0 Å². The fourth-order valence-electron chi connectivity index (χ4n) is 2.00. The third kappa shape index (κ3) is 2.63. The fourth-order valence-corrected chi connectivity index (χ4v) is 2.00. The second-order valence-electron chi connectivity index (χ2n) is 4.32. The van der Waals surface area contributed by atoms with Gasteiger partial charge in [0.15, 0.2) is 11.5 Å². The van der Waals surface area contributed by atoms with Crippen molar-refractivity contribution >= 4 is 5.91 Å². The molecule has 19 heavy (non-hydrogen) atoms. The molecular formula is C14H16N2O3. The van der Waals surface area contributed by atoms with Crippen molar-refractivity contribution in [1.29, 1.82) is 5.26 Å². The predicted molar refractivity (Wildman–Crippen MR) is 68.8 cm³/mol. The summed E-state index contributed by atoms with van der Waals surface area (Å²) in [5.41, 5.74) is 0. The van der Waals surface area contributed by atoms with Crippen LogP contribution in [0.3, 0.4) is 0 Å². The van der Waals surface area contributed by atoms with Gasteiger partial charge in [-0.15, -0.1) is 0 Å². The number of para-hydroxylation sites is 2. The summed E-state index contributed by atoms with van der Waals surface area (Å²) < 4.78 is 11.4. The number of nitriles is 1. The van der Waals surface area contributed by atoms with E-state index in [2.05, 4.69) is 0 Å². The van der Waals surface area contributed by atoms with Gasteiger partial charge < -0.3 is 14.4 Å². The van der Waals surface area contributed by atoms with E-state index in [1.165, 1.54) is 4.90 Å². The van der Waals surface area contributed by atoms with Crippen LogP contribution in [-0.2, 0) is 4.79 Å². The number of benzene rings is 1. The van der Waals surface area contributed by atoms with Crippen LogP contribution in [0, 0.1) is 11.3 Å². The Morgan fingerprint density at radius 1 is 1.37 bits per heavy atom. The van der Waals surface area contributed by atoms with Crippen molar-refractivity contribution in [2.75, 3.05) is 13.1 Å². The number of carbonyl (C=O) groups is 1. The van der Waals surface area contributed by atoms with E-state index >= 15 is 0 Å². The molecule has 100 valence electrons. The second kappa shape index (κ2) is 5.61. The molecule has 0 saturated carbocycles. The van der Waals surface area contributed by atoms with Crippen LogP contribution in [0.15, 0.2) is 24.3 Å². The summed E-state index contributed by atoms with van der Waals surface area (Å²) in [6.07, 6.45) is -1.08. The molecule has 0 bridgehead atoms. The molecule has 1 aromatic carbocycles. The van der Waals surface area contributed by atoms with Crippen molar-refractivity contribution in [3.8, 4) is 17.6 Å². The lowest BCUT2D eigenvalue weighted by molar-refractivity contribution is -0.143. The van der Waals surface area contributed by atoms with Crippen molar-refractivity contribution in [2.45, 2.75) is 26.1 Å². The van der Waals surface area contributed by atoms with Gasteiger partial charge in [-0.3, -0.25) is 4.79 Å². The van der Waals surface area contributed by atoms with Crippen molar-refractivity contribution in [3.63, 3.8) is 0 Å². The van der Waals surface area contributed by atoms with E-state index in [1.807, 2.05) is 25.1 Å². The molecule has 0 fully saturated rings. The van der Waals surface area contributed by atoms with E-state index in [-0.39, 0.29) is 18.6 Å². The molecule has 0 radical (unpaired) electrons. The highest BCUT2D eigenvalue weighted by atomic mass is 16.6. The summed E-state index contributed by atoms with van der Waals surface area (Å²) >= 11 is 0. The van der Waals surface area contributed by atoms with E-state index in [9.17, 15) is 4.79 Å². The molecule has 0 aliphatic carbocycles. The number of hydrogen-bond acceptors (Lipinski definition) is 4. The van der Waals surface area contributed by atoms with Crippen LogP contribution >= 0.6 is 0 Å². The molecule has 5 nitrogen and oxygen atoms in total. The third-order valence-electron chi connectivity index (χ3n) is 3.04. The molecule has 0 aromatic heterocycles. The number of ether oxygens (including phenoxy) is 2. The average molecular weight is 260 g/mol. The van der Waals surface area contributed by atoms with E-state index < -0.39 is 6.10 Å². The van der Waals surface area contributed by atoms with Crippen LogP contribution in [0.1, 0.15) is 13.8 Å². The van der Waals surface area contributed by atoms with Gasteiger partial charge in [-0.2, -0.15) is 5.26 Å². The molecule has 0 saturated heterocycles. The molecule has 1 aromatic rings. The van der Waals surface area contributed by atoms with Gasteiger partial charge in [0.1, 0.15) is 12.6 Å². The highest BCUT2D eigenvalue weighted by Gasteiger charge is 2.36. The first kappa shape index (κ1) is 13.2. The maximum Gasteiger partial charge on any atom is 0.268 e. The lowest BCUT2D eigenvalue weighted by Crippen LogP contribution is -2.50. The number of hydrogen-bond donors (Lipinski definition) is 0. The van der Waals surface area contributed by atoms with Crippen molar-refractivity contribution in [2.24, 2.45) is 0 Å². The molecule has 1 aliphatic heterocycles. The van der Waals surface area contributed by atoms with Gasteiger partial charge >= 0.3 is 0 Å². The summed E-state index contributed by atoms with van der Waals surface area (Å²) in [5, 5.41) is 8.72. The SMILES string of the molecule is CCN(CC#N)C(=O)[C@@H]1Oc2ccccc2O[C@@H]1C. The van der Waals surface area contributed by atoms with Gasteiger partial charge in [0.05, 0.1) is 6.07 Å². The minimum absolute atomic E-state index is 0.0591. The largest absolute Gasteiger partial charge is 0.482 e. The second-order valence-corrected chi connectivity index (χ2v) is 4.32. The first-order valence-electron chi connectivity index (χ1n) is 6.25. The quantitative estimate of drug-likeness (QED) is 0.774. The van der Waals surface area contributed by atoms with Gasteiger partial charge in [0, 0.05) is 6.54 Å². The molecule has 2 atom stereocenters. The number of carbonyl (C=O) groups excluding carboxylic acids is 1. The smallest absolute Gasteiger partial charge is 0.268 e. The van der Waals surface area contributed by atoms with Crippen molar-refractivity contribution in [3.05, 3.63) is 24.3 Å². The minimum atomic E-state index is -0.705. The van der Waals surface area contributed by atoms with Gasteiger partial charge in [0.2, 0.25) is 6.10 Å². The molecule has 2 rings (SSSR count). The Balaban J connectivity index is 2.18. The van der Waals surface area contributed by atoms with Crippen molar-refractivity contribution < 1.29 is 14.3 Å². The summed E-state index contributed by atoms with van der Waals surface area (Å²) in [5.74, 6) is 0.986. The summed E-state index contributed by atoms with van der Waals surface area (Å²) in [4.78, 5) is 13.8. The third-order valence-corrected chi connectivity index (χ3v) is 3.04. The Kier molecular flexibility index (Phi) is 3.91. The van der Waals surface area contributed by atoms with E-state index in [0.717, 1.165) is 0 Å². The van der Waals surface area contributed by atoms with Gasteiger partial charge in [-0.1, -0.05) is 12.1 Å². The zero-order chi connectivity index (χ0) is 13.8. The van der Waals surface area contributed by atoms with Crippen LogP contribution in [0.5, 0.6) is 11.5 Å². The number of nitrogens with zero attached hydrogens (tertiary/aromatic N) is 2. The number of amides is 1. The molecule has 0 N–H and O–H groups in total. The van der Waals surface area contributed by atoms with Gasteiger partial charge in [0.25, 0.3) is 5.91 Å². The number of likely N-dealkylation sites (N-methyl/N-ethyl adjacent to an activating group) is 1. The van der Waals surface area contributed by atoms with E-state index in [1.54, 1.807) is 19.1 Å². The average Bonchev–Trinajstić information content (AvgIpc) is 2.43. The molecule has 1 heterocycles. The molecular weight excluding hydrogens is 244 g/mol. The predicted octanol–water partition coefficient (Wildman–Crippen LogP) is 1.59. The summed E-state index contributed by atoms with van der Waals surface area (Å²) in [6.45, 7) is 4.15. The topological polar surface area (TPSA) is 62.6 Å². The Hall–Kier alpha value is -2.22. The Morgan fingerprint density at radius 2 is 2.00 bits per heavy atom. The van der Waals surface area contributed by atoms with Crippen molar-refractivity contribution in [1.82, 2.24) is 4.90 Å². The zero-order valence-electron chi connectivity index (χ0n) is 11.0. The maximum absolute atomic E-state index is 12.3. The van der Waals surface area contributed by atoms with Crippen LogP contribution < -0.4 is 9.47 Å². The van der Waals surface area contributed by atoms with Crippen LogP contribution in [0.4, 0.5) is 0 Å². The standard InChI is InChI=1S/C14H16N2O3/c1-3-16(9-8-15)14(17)13-10(2)18-11-6-4-5-7-12(11)19-13/h4-7,10,13H,3,9H2,1-2H3/t10-,13-/m1/s1. The normalized spacial score (nSPS) is 20.5. The molecule has 1 amide bonds. The highest BCUT2D eigenvalue weighted by Crippen LogP contribution is 2.33. The highest BCUT2D eigenvalue weighted by molar-refractivity contribution is 5.82. The minimum Gasteiger partial charge on any atom is -0.482 e. The summed E-state index contributed by atoms with van der Waals surface area (Å²) in [6, 6.07) is 9.23. The Bertz CT molecular complexity index is 510. The Morgan fingerprint density at radius 3 is 2.58 bits per heavy atom. The van der Waals surface area contributed by atoms with Crippen LogP contribution in [0.25, 0.3) is 0 Å². The van der Waals surface area contributed by atoms with E-state index in [0.29, 0.717) is 18.0 Å². The van der Waals surface area contributed by atoms with Crippen LogP contribution in [-0.4, -0.2) is 36.1 Å². The monoisotopic (exact) mass is 260 g/mol. The van der Waals surface area contributed by atoms with E-state index in [4.69, 9.17) is 14.7 Å². The molecule has 0 unspecified atom stereocenters. The zero-order valence-corrected chi connectivity index (χ0v) is 11.0. The molecule has 5 heteroatoms. The fraction of sp³-hybridized carbons (Fsp3) is 0.429. The summed E-state index contributed by atoms with van der Waals surface area (Å²) in [7, 11) is 0. The Labute approximate surface area is 112 Å². The first-order chi connectivity index (χ1) is 9.17. The lowest BCUT2D eigenvalue weighted by atomic mass is 10.1. The number of fused-ring (bicyclic) bond motifs is 1.